The molecule has 0 heterocycles. The third-order valence-electron chi connectivity index (χ3n) is 5.15. The quantitative estimate of drug-likeness (QED) is 0.440. The van der Waals surface area contributed by atoms with E-state index in [2.05, 4.69) is 10.6 Å². The Morgan fingerprint density at radius 2 is 1.48 bits per heavy atom. The number of rotatable bonds is 10. The van der Waals surface area contributed by atoms with Crippen LogP contribution in [0.3, 0.4) is 0 Å². The summed E-state index contributed by atoms with van der Waals surface area (Å²) in [6.45, 7) is 0.481. The van der Waals surface area contributed by atoms with Crippen LogP contribution < -0.4 is 15.4 Å². The van der Waals surface area contributed by atoms with E-state index in [1.807, 2.05) is 65.6 Å². The summed E-state index contributed by atoms with van der Waals surface area (Å²) in [4.78, 5) is 27.1. The standard InChI is InChI=1S/C26H29N3O4/c1-33-23-15-13-22(14-16-23)27-26(32)28-24(31)19-29(17-8-18-30)25(20-9-4-2-5-10-20)21-11-6-3-7-12-21/h2-7,9-16,25,30H,8,17-19H2,1H3,(H2,27,28,31,32). The fraction of sp³-hybridized carbons (Fsp3) is 0.231. The van der Waals surface area contributed by atoms with E-state index in [1.165, 1.54) is 0 Å². The molecule has 0 unspecified atom stereocenters. The van der Waals surface area contributed by atoms with E-state index in [0.29, 0.717) is 24.4 Å². The Balaban J connectivity index is 1.73. The molecule has 3 aromatic rings. The van der Waals surface area contributed by atoms with Crippen LogP contribution in [0.15, 0.2) is 84.9 Å². The lowest BCUT2D eigenvalue weighted by Gasteiger charge is -2.32. The monoisotopic (exact) mass is 447 g/mol. The van der Waals surface area contributed by atoms with Gasteiger partial charge in [0.15, 0.2) is 0 Å². The molecule has 0 atom stereocenters. The molecular formula is C26H29N3O4. The minimum atomic E-state index is -0.608. The van der Waals surface area contributed by atoms with Crippen molar-refractivity contribution < 1.29 is 19.4 Å². The highest BCUT2D eigenvalue weighted by atomic mass is 16.5. The van der Waals surface area contributed by atoms with Crippen molar-refractivity contribution in [3.05, 3.63) is 96.1 Å². The molecule has 0 saturated carbocycles. The lowest BCUT2D eigenvalue weighted by atomic mass is 9.96. The second kappa shape index (κ2) is 12.4. The number of urea groups is 1. The minimum absolute atomic E-state index is 0.00632. The smallest absolute Gasteiger partial charge is 0.325 e. The van der Waals surface area contributed by atoms with E-state index in [-0.39, 0.29) is 19.2 Å². The molecule has 0 aliphatic rings. The molecule has 7 heteroatoms. The number of carbonyl (C=O) groups is 2. The second-order valence-electron chi connectivity index (χ2n) is 7.50. The van der Waals surface area contributed by atoms with Gasteiger partial charge in [0, 0.05) is 18.8 Å². The fourth-order valence-corrected chi connectivity index (χ4v) is 3.65. The topological polar surface area (TPSA) is 90.9 Å². The molecule has 0 bridgehead atoms. The van der Waals surface area contributed by atoms with Gasteiger partial charge in [-0.25, -0.2) is 4.79 Å². The number of methoxy groups -OCH3 is 1. The molecule has 3 amide bonds. The summed E-state index contributed by atoms with van der Waals surface area (Å²) >= 11 is 0. The summed E-state index contributed by atoms with van der Waals surface area (Å²) in [6.07, 6.45) is 0.501. The molecule has 0 aliphatic heterocycles. The van der Waals surface area contributed by atoms with E-state index in [0.717, 1.165) is 11.1 Å². The van der Waals surface area contributed by atoms with Gasteiger partial charge in [0.2, 0.25) is 5.91 Å². The van der Waals surface area contributed by atoms with E-state index >= 15 is 0 Å². The van der Waals surface area contributed by atoms with Crippen molar-refractivity contribution in [2.45, 2.75) is 12.5 Å². The zero-order chi connectivity index (χ0) is 23.5. The van der Waals surface area contributed by atoms with Crippen molar-refractivity contribution in [2.75, 3.05) is 32.1 Å². The lowest BCUT2D eigenvalue weighted by molar-refractivity contribution is -0.121. The van der Waals surface area contributed by atoms with Crippen molar-refractivity contribution in [3.8, 4) is 5.75 Å². The molecule has 3 N–H and O–H groups in total. The number of benzene rings is 3. The van der Waals surface area contributed by atoms with Crippen LogP contribution in [-0.2, 0) is 4.79 Å². The number of nitrogens with zero attached hydrogens (tertiary/aromatic N) is 1. The van der Waals surface area contributed by atoms with Gasteiger partial charge in [0.1, 0.15) is 5.75 Å². The van der Waals surface area contributed by atoms with Crippen LogP contribution in [-0.4, -0.2) is 48.8 Å². The molecule has 0 aliphatic carbocycles. The predicted octanol–water partition coefficient (Wildman–Crippen LogP) is 3.82. The number of imide groups is 1. The number of hydrogen-bond donors (Lipinski definition) is 3. The van der Waals surface area contributed by atoms with E-state index < -0.39 is 11.9 Å². The van der Waals surface area contributed by atoms with Gasteiger partial charge in [-0.3, -0.25) is 15.0 Å². The summed E-state index contributed by atoms with van der Waals surface area (Å²) < 4.78 is 5.10. The van der Waals surface area contributed by atoms with Gasteiger partial charge < -0.3 is 15.2 Å². The van der Waals surface area contributed by atoms with Gasteiger partial charge in [0.25, 0.3) is 0 Å². The summed E-state index contributed by atoms with van der Waals surface area (Å²) in [5, 5.41) is 14.5. The first-order valence-corrected chi connectivity index (χ1v) is 10.8. The SMILES string of the molecule is COc1ccc(NC(=O)NC(=O)CN(CCCO)C(c2ccccc2)c2ccccc2)cc1. The first-order chi connectivity index (χ1) is 16.1. The molecule has 0 radical (unpaired) electrons. The Kier molecular flexibility index (Phi) is 8.99. The van der Waals surface area contributed by atoms with Crippen LogP contribution >= 0.6 is 0 Å². The maximum Gasteiger partial charge on any atom is 0.325 e. The Labute approximate surface area is 194 Å². The summed E-state index contributed by atoms with van der Waals surface area (Å²) in [5.74, 6) is 0.236. The van der Waals surface area contributed by atoms with Crippen LogP contribution in [0.4, 0.5) is 10.5 Å². The molecular weight excluding hydrogens is 418 g/mol. The number of anilines is 1. The van der Waals surface area contributed by atoms with E-state index in [1.54, 1.807) is 31.4 Å². The highest BCUT2D eigenvalue weighted by Crippen LogP contribution is 2.28. The first kappa shape index (κ1) is 24.0. The van der Waals surface area contributed by atoms with Crippen LogP contribution in [0.2, 0.25) is 0 Å². The normalized spacial score (nSPS) is 10.8. The zero-order valence-corrected chi connectivity index (χ0v) is 18.6. The first-order valence-electron chi connectivity index (χ1n) is 10.8. The average Bonchev–Trinajstić information content (AvgIpc) is 2.84. The van der Waals surface area contributed by atoms with Gasteiger partial charge >= 0.3 is 6.03 Å². The van der Waals surface area contributed by atoms with Crippen molar-refractivity contribution in [2.24, 2.45) is 0 Å². The third-order valence-corrected chi connectivity index (χ3v) is 5.15. The van der Waals surface area contributed by atoms with Gasteiger partial charge in [-0.15, -0.1) is 0 Å². The molecule has 0 saturated heterocycles. The van der Waals surface area contributed by atoms with Gasteiger partial charge in [-0.05, 0) is 41.8 Å². The van der Waals surface area contributed by atoms with Crippen LogP contribution in [0.5, 0.6) is 5.75 Å². The Bertz CT molecular complexity index is 971. The van der Waals surface area contributed by atoms with Crippen molar-refractivity contribution >= 4 is 17.6 Å². The Morgan fingerprint density at radius 1 is 0.909 bits per heavy atom. The molecule has 7 nitrogen and oxygen atoms in total. The fourth-order valence-electron chi connectivity index (χ4n) is 3.65. The number of ether oxygens (including phenoxy) is 1. The molecule has 3 aromatic carbocycles. The van der Waals surface area contributed by atoms with Crippen molar-refractivity contribution in [3.63, 3.8) is 0 Å². The zero-order valence-electron chi connectivity index (χ0n) is 18.6. The average molecular weight is 448 g/mol. The lowest BCUT2D eigenvalue weighted by Crippen LogP contribution is -2.43. The van der Waals surface area contributed by atoms with E-state index in [4.69, 9.17) is 4.74 Å². The number of amides is 3. The largest absolute Gasteiger partial charge is 0.497 e. The molecule has 33 heavy (non-hydrogen) atoms. The maximum absolute atomic E-state index is 12.8. The van der Waals surface area contributed by atoms with Crippen molar-refractivity contribution in [1.82, 2.24) is 10.2 Å². The van der Waals surface area contributed by atoms with Crippen LogP contribution in [0.25, 0.3) is 0 Å². The number of aliphatic hydroxyl groups is 1. The maximum atomic E-state index is 12.8. The van der Waals surface area contributed by atoms with Crippen molar-refractivity contribution in [1.29, 1.82) is 0 Å². The second-order valence-corrected chi connectivity index (χ2v) is 7.50. The number of nitrogens with one attached hydrogen (secondary N) is 2. The van der Waals surface area contributed by atoms with Gasteiger partial charge in [-0.1, -0.05) is 60.7 Å². The number of aliphatic hydroxyl groups excluding tert-OH is 1. The molecule has 172 valence electrons. The van der Waals surface area contributed by atoms with E-state index in [9.17, 15) is 14.7 Å². The Morgan fingerprint density at radius 3 is 2.00 bits per heavy atom. The summed E-state index contributed by atoms with van der Waals surface area (Å²) in [7, 11) is 1.56. The molecule has 3 rings (SSSR count). The van der Waals surface area contributed by atoms with Crippen LogP contribution in [0.1, 0.15) is 23.6 Å². The minimum Gasteiger partial charge on any atom is -0.497 e. The highest BCUT2D eigenvalue weighted by Gasteiger charge is 2.24. The molecule has 0 spiro atoms. The Hall–Kier alpha value is -3.68. The third kappa shape index (κ3) is 7.17. The predicted molar refractivity (Wildman–Crippen MR) is 128 cm³/mol. The van der Waals surface area contributed by atoms with Gasteiger partial charge in [-0.2, -0.15) is 0 Å². The summed E-state index contributed by atoms with van der Waals surface area (Å²) in [5.41, 5.74) is 2.60. The molecule has 0 fully saturated rings. The number of hydrogen-bond acceptors (Lipinski definition) is 5. The molecule has 0 aromatic heterocycles. The number of carbonyl (C=O) groups excluding carboxylic acids is 2. The van der Waals surface area contributed by atoms with Gasteiger partial charge in [0.05, 0.1) is 19.7 Å². The highest BCUT2D eigenvalue weighted by molar-refractivity contribution is 6.01. The van der Waals surface area contributed by atoms with Crippen LogP contribution in [0, 0.1) is 0 Å². The summed E-state index contributed by atoms with van der Waals surface area (Å²) in [6, 6.07) is 25.8.